The molecule has 8 nitrogen and oxygen atoms in total. The molecule has 0 amide bonds. The summed E-state index contributed by atoms with van der Waals surface area (Å²) in [4.78, 5) is 17.4. The Morgan fingerprint density at radius 3 is 2.26 bits per heavy atom. The van der Waals surface area contributed by atoms with E-state index in [1.54, 1.807) is 31.2 Å². The van der Waals surface area contributed by atoms with Gasteiger partial charge in [0.15, 0.2) is 9.90 Å². The Kier molecular flexibility index (Phi) is 7.86. The van der Waals surface area contributed by atoms with Crippen LogP contribution >= 0.6 is 0 Å². The zero-order valence-corrected chi connectivity index (χ0v) is 21.4. The lowest BCUT2D eigenvalue weighted by molar-refractivity contribution is -0.134. The zero-order chi connectivity index (χ0) is 27.2. The number of nitrogens with zero attached hydrogens (tertiary/aromatic N) is 2. The van der Waals surface area contributed by atoms with Crippen LogP contribution in [0.4, 0.5) is 5.82 Å². The van der Waals surface area contributed by atoms with Crippen molar-refractivity contribution in [3.05, 3.63) is 108 Å². The van der Waals surface area contributed by atoms with Crippen LogP contribution in [0.5, 0.6) is 0 Å². The standard InChI is InChI=1S/C29H26N4O4S/c1-2-6-21-10-14-23(15-11-21)24-16-12-22(13-17-24)19-29(30,38(36,37)27-9-3-4-18-31-27)25-7-5-8-26(33-25)32-20-28(34)35/h3-5,7-18H,19-20,30H2,1H3,(H,32,33)(H,34,35). The first-order valence-corrected chi connectivity index (χ1v) is 13.2. The van der Waals surface area contributed by atoms with E-state index in [1.807, 2.05) is 48.5 Å². The van der Waals surface area contributed by atoms with Crippen LogP contribution in [0.2, 0.25) is 0 Å². The number of carbonyl (C=O) groups is 1. The van der Waals surface area contributed by atoms with Crippen molar-refractivity contribution in [3.63, 3.8) is 0 Å². The summed E-state index contributed by atoms with van der Waals surface area (Å²) in [5, 5.41) is 11.5. The van der Waals surface area contributed by atoms with E-state index in [-0.39, 0.29) is 29.5 Å². The fraction of sp³-hybridized carbons (Fsp3) is 0.138. The maximum absolute atomic E-state index is 13.9. The summed E-state index contributed by atoms with van der Waals surface area (Å²) in [6.07, 6.45) is 1.30. The van der Waals surface area contributed by atoms with Crippen molar-refractivity contribution in [2.45, 2.75) is 23.2 Å². The maximum Gasteiger partial charge on any atom is 0.322 e. The molecule has 4 aromatic rings. The van der Waals surface area contributed by atoms with E-state index >= 15 is 0 Å². The first-order chi connectivity index (χ1) is 18.2. The summed E-state index contributed by atoms with van der Waals surface area (Å²) in [5.41, 5.74) is 10.4. The Bertz CT molecular complexity index is 1590. The molecule has 0 spiro atoms. The van der Waals surface area contributed by atoms with Gasteiger partial charge in [0.2, 0.25) is 9.84 Å². The van der Waals surface area contributed by atoms with Gasteiger partial charge in [-0.3, -0.25) is 4.79 Å². The minimum Gasteiger partial charge on any atom is -0.480 e. The second-order valence-corrected chi connectivity index (χ2v) is 10.7. The minimum atomic E-state index is -4.23. The van der Waals surface area contributed by atoms with Crippen LogP contribution in [0.15, 0.2) is 96.2 Å². The van der Waals surface area contributed by atoms with Crippen molar-refractivity contribution in [3.8, 4) is 23.0 Å². The summed E-state index contributed by atoms with van der Waals surface area (Å²) < 4.78 is 27.7. The first kappa shape index (κ1) is 26.5. The third-order valence-corrected chi connectivity index (χ3v) is 8.01. The number of carboxylic acid groups (broad SMARTS) is 1. The fourth-order valence-corrected chi connectivity index (χ4v) is 5.54. The largest absolute Gasteiger partial charge is 0.480 e. The molecule has 192 valence electrons. The molecule has 1 unspecified atom stereocenters. The molecule has 9 heteroatoms. The van der Waals surface area contributed by atoms with Crippen LogP contribution in [0.25, 0.3) is 11.1 Å². The molecule has 2 aromatic carbocycles. The van der Waals surface area contributed by atoms with Crippen LogP contribution in [-0.4, -0.2) is 36.0 Å². The Hall–Kier alpha value is -4.52. The smallest absolute Gasteiger partial charge is 0.322 e. The number of nitrogens with one attached hydrogen (secondary N) is 1. The lowest BCUT2D eigenvalue weighted by atomic mass is 9.98. The van der Waals surface area contributed by atoms with E-state index < -0.39 is 20.7 Å². The molecule has 0 fully saturated rings. The van der Waals surface area contributed by atoms with E-state index in [0.29, 0.717) is 5.56 Å². The van der Waals surface area contributed by atoms with Gasteiger partial charge in [0.05, 0.1) is 5.69 Å². The highest BCUT2D eigenvalue weighted by Gasteiger charge is 2.45. The number of pyridine rings is 2. The van der Waals surface area contributed by atoms with Gasteiger partial charge in [-0.1, -0.05) is 54.5 Å². The molecule has 0 saturated carbocycles. The molecule has 38 heavy (non-hydrogen) atoms. The number of aliphatic carboxylic acids is 1. The monoisotopic (exact) mass is 526 g/mol. The topological polar surface area (TPSA) is 135 Å². The molecular weight excluding hydrogens is 500 g/mol. The molecule has 0 aliphatic rings. The van der Waals surface area contributed by atoms with Gasteiger partial charge in [-0.2, -0.15) is 0 Å². The number of anilines is 1. The van der Waals surface area contributed by atoms with Crippen molar-refractivity contribution in [1.82, 2.24) is 9.97 Å². The molecule has 4 rings (SSSR count). The average Bonchev–Trinajstić information content (AvgIpc) is 2.93. The summed E-state index contributed by atoms with van der Waals surface area (Å²) in [5.74, 6) is 5.01. The van der Waals surface area contributed by atoms with E-state index in [9.17, 15) is 13.2 Å². The SMILES string of the molecule is CC#Cc1ccc(-c2ccc(CC(N)(c3cccc(NCC(=O)O)n3)S(=O)(=O)c3ccccn3)cc2)cc1. The summed E-state index contributed by atoms with van der Waals surface area (Å²) >= 11 is 0. The number of benzene rings is 2. The van der Waals surface area contributed by atoms with Crippen LogP contribution in [0.1, 0.15) is 23.7 Å². The predicted molar refractivity (Wildman–Crippen MR) is 146 cm³/mol. The highest BCUT2D eigenvalue weighted by Crippen LogP contribution is 2.34. The molecule has 2 heterocycles. The van der Waals surface area contributed by atoms with E-state index in [1.165, 1.54) is 18.3 Å². The van der Waals surface area contributed by atoms with Gasteiger partial charge in [0.25, 0.3) is 0 Å². The number of rotatable bonds is 9. The van der Waals surface area contributed by atoms with Gasteiger partial charge in [-0.05, 0) is 60.0 Å². The lowest BCUT2D eigenvalue weighted by Gasteiger charge is -2.29. The van der Waals surface area contributed by atoms with Gasteiger partial charge in [-0.15, -0.1) is 5.92 Å². The van der Waals surface area contributed by atoms with Gasteiger partial charge >= 0.3 is 5.97 Å². The van der Waals surface area contributed by atoms with Gasteiger partial charge < -0.3 is 16.2 Å². The Morgan fingerprint density at radius 2 is 1.66 bits per heavy atom. The Labute approximate surface area is 221 Å². The molecule has 1 atom stereocenters. The van der Waals surface area contributed by atoms with Crippen LogP contribution in [0.3, 0.4) is 0 Å². The average molecular weight is 527 g/mol. The molecular formula is C29H26N4O4S. The second kappa shape index (κ2) is 11.3. The molecule has 0 saturated heterocycles. The van der Waals surface area contributed by atoms with Crippen molar-refractivity contribution in [1.29, 1.82) is 0 Å². The van der Waals surface area contributed by atoms with E-state index in [0.717, 1.165) is 16.7 Å². The van der Waals surface area contributed by atoms with Crippen molar-refractivity contribution < 1.29 is 18.3 Å². The normalized spacial score (nSPS) is 12.6. The summed E-state index contributed by atoms with van der Waals surface area (Å²) in [7, 11) is -4.23. The Morgan fingerprint density at radius 1 is 0.974 bits per heavy atom. The number of carboxylic acids is 1. The van der Waals surface area contributed by atoms with Crippen LogP contribution < -0.4 is 11.1 Å². The molecule has 4 N–H and O–H groups in total. The number of sulfone groups is 1. The molecule has 0 radical (unpaired) electrons. The number of hydrogen-bond donors (Lipinski definition) is 3. The van der Waals surface area contributed by atoms with Crippen molar-refractivity contribution in [2.75, 3.05) is 11.9 Å². The highest BCUT2D eigenvalue weighted by molar-refractivity contribution is 7.92. The quantitative estimate of drug-likeness (QED) is 0.280. The minimum absolute atomic E-state index is 0.0650. The van der Waals surface area contributed by atoms with Gasteiger partial charge in [-0.25, -0.2) is 18.4 Å². The number of hydrogen-bond acceptors (Lipinski definition) is 7. The van der Waals surface area contributed by atoms with Crippen molar-refractivity contribution in [2.24, 2.45) is 5.73 Å². The predicted octanol–water partition coefficient (Wildman–Crippen LogP) is 3.84. The molecule has 0 aliphatic heterocycles. The van der Waals surface area contributed by atoms with Gasteiger partial charge in [0.1, 0.15) is 12.4 Å². The maximum atomic E-state index is 13.9. The summed E-state index contributed by atoms with van der Waals surface area (Å²) in [6, 6.07) is 24.5. The van der Waals surface area contributed by atoms with Crippen LogP contribution in [0, 0.1) is 11.8 Å². The fourth-order valence-electron chi connectivity index (χ4n) is 3.96. The van der Waals surface area contributed by atoms with Crippen LogP contribution in [-0.2, 0) is 25.9 Å². The lowest BCUT2D eigenvalue weighted by Crippen LogP contribution is -2.47. The molecule has 0 aliphatic carbocycles. The zero-order valence-electron chi connectivity index (χ0n) is 20.6. The Balaban J connectivity index is 1.72. The van der Waals surface area contributed by atoms with E-state index in [4.69, 9.17) is 10.8 Å². The van der Waals surface area contributed by atoms with Gasteiger partial charge in [0, 0.05) is 18.2 Å². The second-order valence-electron chi connectivity index (χ2n) is 8.54. The summed E-state index contributed by atoms with van der Waals surface area (Å²) in [6.45, 7) is 1.41. The third-order valence-electron chi connectivity index (χ3n) is 5.90. The highest BCUT2D eigenvalue weighted by atomic mass is 32.2. The van der Waals surface area contributed by atoms with E-state index in [2.05, 4.69) is 27.1 Å². The number of nitrogens with two attached hydrogens (primary N) is 1. The molecule has 0 bridgehead atoms. The number of aromatic nitrogens is 2. The molecule has 2 aromatic heterocycles. The first-order valence-electron chi connectivity index (χ1n) is 11.7. The third kappa shape index (κ3) is 5.72. The van der Waals surface area contributed by atoms with Crippen molar-refractivity contribution >= 4 is 21.6 Å².